The first-order valence-corrected chi connectivity index (χ1v) is 11.0. The molecule has 2 N–H and O–H groups in total. The van der Waals surface area contributed by atoms with Crippen molar-refractivity contribution >= 4 is 40.8 Å². The fourth-order valence-electron chi connectivity index (χ4n) is 4.33. The Balaban J connectivity index is 1.45. The minimum absolute atomic E-state index is 0.364. The maximum Gasteiger partial charge on any atom is 0.147 e. The molecule has 0 unspecified atom stereocenters. The summed E-state index contributed by atoms with van der Waals surface area (Å²) in [6.45, 7) is 4.04. The van der Waals surface area contributed by atoms with Crippen molar-refractivity contribution in [3.8, 4) is 0 Å². The van der Waals surface area contributed by atoms with E-state index in [0.29, 0.717) is 21.5 Å². The van der Waals surface area contributed by atoms with Gasteiger partial charge in [0.2, 0.25) is 0 Å². The van der Waals surface area contributed by atoms with Crippen molar-refractivity contribution in [2.45, 2.75) is 55.0 Å². The molecule has 4 rings (SSSR count). The third-order valence-electron chi connectivity index (χ3n) is 6.05. The molecule has 2 heterocycles. The van der Waals surface area contributed by atoms with Crippen molar-refractivity contribution in [3.63, 3.8) is 0 Å². The Labute approximate surface area is 174 Å². The number of nitrogens with two attached hydrogens (primary N) is 1. The normalized spacial score (nSPS) is 21.8. The first kappa shape index (κ1) is 19.3. The molecule has 1 saturated carbocycles. The van der Waals surface area contributed by atoms with Crippen molar-refractivity contribution < 1.29 is 0 Å². The molecule has 0 amide bonds. The summed E-state index contributed by atoms with van der Waals surface area (Å²) in [7, 11) is 0. The topological polar surface area (TPSA) is 55.0 Å². The lowest BCUT2D eigenvalue weighted by atomic mass is 9.74. The average molecular weight is 423 g/mol. The number of aromatic nitrogens is 2. The molecule has 1 aromatic heterocycles. The number of rotatable bonds is 3. The fourth-order valence-corrected chi connectivity index (χ4v) is 5.53. The maximum atomic E-state index is 6.40. The highest BCUT2D eigenvalue weighted by atomic mass is 35.5. The first-order chi connectivity index (χ1) is 13.0. The number of hydrogen-bond donors (Lipinski definition) is 1. The zero-order valence-corrected chi connectivity index (χ0v) is 17.7. The van der Waals surface area contributed by atoms with Crippen LogP contribution in [0.3, 0.4) is 0 Å². The van der Waals surface area contributed by atoms with E-state index in [-0.39, 0.29) is 0 Å². The van der Waals surface area contributed by atoms with Gasteiger partial charge < -0.3 is 10.6 Å². The molecular weight excluding hydrogens is 399 g/mol. The molecule has 7 heteroatoms. The van der Waals surface area contributed by atoms with Gasteiger partial charge in [0.1, 0.15) is 10.8 Å². The van der Waals surface area contributed by atoms with E-state index in [4.69, 9.17) is 33.9 Å². The van der Waals surface area contributed by atoms with Gasteiger partial charge in [-0.2, -0.15) is 0 Å². The van der Waals surface area contributed by atoms with Crippen LogP contribution in [-0.2, 0) is 0 Å². The average Bonchev–Trinajstić information content (AvgIpc) is 3.00. The molecule has 2 aromatic rings. The summed E-state index contributed by atoms with van der Waals surface area (Å²) in [6, 6.07) is 5.99. The van der Waals surface area contributed by atoms with E-state index in [1.807, 2.05) is 25.3 Å². The Hall–Kier alpha value is -1.01. The smallest absolute Gasteiger partial charge is 0.147 e. The van der Waals surface area contributed by atoms with Crippen molar-refractivity contribution in [2.75, 3.05) is 18.0 Å². The van der Waals surface area contributed by atoms with Crippen molar-refractivity contribution in [3.05, 3.63) is 40.1 Å². The lowest BCUT2D eigenvalue weighted by Crippen LogP contribution is -2.47. The Bertz CT molecular complexity index is 837. The number of aryl methyl sites for hydroxylation is 1. The highest BCUT2D eigenvalue weighted by Crippen LogP contribution is 2.46. The molecule has 4 nitrogen and oxygen atoms in total. The van der Waals surface area contributed by atoms with E-state index in [1.54, 1.807) is 17.8 Å². The Morgan fingerprint density at radius 1 is 1.19 bits per heavy atom. The summed E-state index contributed by atoms with van der Waals surface area (Å²) in [5.41, 5.74) is 7.69. The molecular formula is C20H24Cl2N4S. The van der Waals surface area contributed by atoms with Crippen molar-refractivity contribution in [1.29, 1.82) is 0 Å². The van der Waals surface area contributed by atoms with E-state index in [0.717, 1.165) is 47.4 Å². The number of nitrogens with zero attached hydrogens (tertiary/aromatic N) is 3. The van der Waals surface area contributed by atoms with Gasteiger partial charge in [0, 0.05) is 24.0 Å². The van der Waals surface area contributed by atoms with Crippen LogP contribution < -0.4 is 10.6 Å². The predicted octanol–water partition coefficient (Wildman–Crippen LogP) is 5.34. The molecule has 1 aliphatic carbocycles. The molecule has 1 aromatic carbocycles. The number of benzene rings is 1. The monoisotopic (exact) mass is 422 g/mol. The highest BCUT2D eigenvalue weighted by Gasteiger charge is 2.43. The van der Waals surface area contributed by atoms with Crippen molar-refractivity contribution in [2.24, 2.45) is 11.1 Å². The predicted molar refractivity (Wildman–Crippen MR) is 113 cm³/mol. The second-order valence-electron chi connectivity index (χ2n) is 7.64. The SMILES string of the molecule is Cc1nc(N2CCC3(CCC[C@H]3N)CC2)cnc1Sc1ccc(Cl)c(Cl)c1. The van der Waals surface area contributed by atoms with Gasteiger partial charge in [-0.05, 0) is 56.2 Å². The van der Waals surface area contributed by atoms with E-state index in [1.165, 1.54) is 19.3 Å². The fraction of sp³-hybridized carbons (Fsp3) is 0.500. The summed E-state index contributed by atoms with van der Waals surface area (Å²) >= 11 is 13.7. The third-order valence-corrected chi connectivity index (χ3v) is 7.88. The van der Waals surface area contributed by atoms with E-state index in [2.05, 4.69) is 9.88 Å². The van der Waals surface area contributed by atoms with Crippen LogP contribution in [0.1, 0.15) is 37.8 Å². The Kier molecular flexibility index (Phi) is 5.57. The minimum Gasteiger partial charge on any atom is -0.355 e. The van der Waals surface area contributed by atoms with Crippen LogP contribution in [0.4, 0.5) is 5.82 Å². The second-order valence-corrected chi connectivity index (χ2v) is 9.52. The van der Waals surface area contributed by atoms with Gasteiger partial charge in [-0.3, -0.25) is 0 Å². The molecule has 144 valence electrons. The largest absolute Gasteiger partial charge is 0.355 e. The molecule has 27 heavy (non-hydrogen) atoms. The summed E-state index contributed by atoms with van der Waals surface area (Å²) < 4.78 is 0. The summed E-state index contributed by atoms with van der Waals surface area (Å²) in [5.74, 6) is 0.965. The Morgan fingerprint density at radius 3 is 2.59 bits per heavy atom. The zero-order valence-electron chi connectivity index (χ0n) is 15.4. The molecule has 0 bridgehead atoms. The summed E-state index contributed by atoms with van der Waals surface area (Å²) in [4.78, 5) is 12.8. The molecule has 1 saturated heterocycles. The van der Waals surface area contributed by atoms with Gasteiger partial charge in [0.25, 0.3) is 0 Å². The van der Waals surface area contributed by atoms with Gasteiger partial charge in [-0.15, -0.1) is 0 Å². The van der Waals surface area contributed by atoms with Crippen LogP contribution in [0.5, 0.6) is 0 Å². The minimum atomic E-state index is 0.364. The van der Waals surface area contributed by atoms with Crippen LogP contribution in [0, 0.1) is 12.3 Å². The Morgan fingerprint density at radius 2 is 1.96 bits per heavy atom. The summed E-state index contributed by atoms with van der Waals surface area (Å²) in [5, 5.41) is 2.00. The van der Waals surface area contributed by atoms with Crippen LogP contribution in [0.15, 0.2) is 34.3 Å². The van der Waals surface area contributed by atoms with E-state index < -0.39 is 0 Å². The highest BCUT2D eigenvalue weighted by molar-refractivity contribution is 7.99. The number of halogens is 2. The van der Waals surface area contributed by atoms with Gasteiger partial charge in [0.05, 0.1) is 21.9 Å². The number of anilines is 1. The molecule has 0 radical (unpaired) electrons. The molecule has 1 aliphatic heterocycles. The standard InChI is InChI=1S/C20H24Cl2N4S/c1-13-19(27-14-4-5-15(21)16(22)11-14)24-12-18(25-13)26-9-7-20(8-10-26)6-2-3-17(20)23/h4-5,11-12,17H,2-3,6-10,23H2,1H3/t17-/m1/s1. The van der Waals surface area contributed by atoms with Crippen LogP contribution in [-0.4, -0.2) is 29.1 Å². The molecule has 1 spiro atoms. The van der Waals surface area contributed by atoms with Crippen molar-refractivity contribution in [1.82, 2.24) is 9.97 Å². The molecule has 1 atom stereocenters. The quantitative estimate of drug-likeness (QED) is 0.722. The zero-order chi connectivity index (χ0) is 19.0. The van der Waals surface area contributed by atoms with Gasteiger partial charge >= 0.3 is 0 Å². The lowest BCUT2D eigenvalue weighted by molar-refractivity contribution is 0.197. The molecule has 2 aliphatic rings. The van der Waals surface area contributed by atoms with Gasteiger partial charge in [0.15, 0.2) is 0 Å². The van der Waals surface area contributed by atoms with Crippen LogP contribution >= 0.6 is 35.0 Å². The van der Waals surface area contributed by atoms with Gasteiger partial charge in [-0.1, -0.05) is 41.4 Å². The van der Waals surface area contributed by atoms with Crippen LogP contribution in [0.25, 0.3) is 0 Å². The maximum absolute atomic E-state index is 6.40. The lowest BCUT2D eigenvalue weighted by Gasteiger charge is -2.42. The first-order valence-electron chi connectivity index (χ1n) is 9.44. The summed E-state index contributed by atoms with van der Waals surface area (Å²) in [6.07, 6.45) is 7.95. The van der Waals surface area contributed by atoms with E-state index in [9.17, 15) is 0 Å². The molecule has 2 fully saturated rings. The second kappa shape index (κ2) is 7.78. The van der Waals surface area contributed by atoms with Crippen LogP contribution in [0.2, 0.25) is 10.0 Å². The number of hydrogen-bond acceptors (Lipinski definition) is 5. The third kappa shape index (κ3) is 3.93. The number of piperidine rings is 1. The van der Waals surface area contributed by atoms with E-state index >= 15 is 0 Å². The van der Waals surface area contributed by atoms with Gasteiger partial charge in [-0.25, -0.2) is 9.97 Å².